The van der Waals surface area contributed by atoms with E-state index in [1.165, 1.54) is 6.20 Å². The van der Waals surface area contributed by atoms with Crippen LogP contribution in [0.2, 0.25) is 0 Å². The van der Waals surface area contributed by atoms with E-state index in [-0.39, 0.29) is 17.3 Å². The Kier molecular flexibility index (Phi) is 3.20. The van der Waals surface area contributed by atoms with Gasteiger partial charge in [0.05, 0.1) is 10.6 Å². The minimum absolute atomic E-state index is 0.225. The third kappa shape index (κ3) is 2.19. The number of carbonyl (C=O) groups excluding carboxylic acids is 1. The van der Waals surface area contributed by atoms with Crippen molar-refractivity contribution in [3.63, 3.8) is 0 Å². The first-order valence-corrected chi connectivity index (χ1v) is 8.63. The Balaban J connectivity index is 1.70. The number of hydrogen-bond acceptors (Lipinski definition) is 5. The number of nitrogens with one attached hydrogen (secondary N) is 1. The average molecular weight is 340 g/mol. The molecule has 0 aliphatic carbocycles. The molecule has 8 heteroatoms. The third-order valence-corrected chi connectivity index (χ3v) is 5.61. The van der Waals surface area contributed by atoms with Gasteiger partial charge in [0.1, 0.15) is 6.54 Å². The molecular weight excluding hydrogens is 328 g/mol. The predicted molar refractivity (Wildman–Crippen MR) is 89.1 cm³/mol. The summed E-state index contributed by atoms with van der Waals surface area (Å²) >= 11 is 0. The molecule has 0 saturated carbocycles. The summed E-state index contributed by atoms with van der Waals surface area (Å²) in [5.41, 5.74) is 0.511. The molecule has 0 spiro atoms. The number of hydrogen-bond donors (Lipinski definition) is 1. The lowest BCUT2D eigenvalue weighted by atomic mass is 10.1. The van der Waals surface area contributed by atoms with Crippen LogP contribution in [0, 0.1) is 0 Å². The summed E-state index contributed by atoms with van der Waals surface area (Å²) in [5.74, 6) is -0.210. The van der Waals surface area contributed by atoms with Gasteiger partial charge in [-0.05, 0) is 29.7 Å². The summed E-state index contributed by atoms with van der Waals surface area (Å²) in [5, 5.41) is 11.4. The molecule has 24 heavy (non-hydrogen) atoms. The number of amides is 1. The van der Waals surface area contributed by atoms with Gasteiger partial charge in [-0.3, -0.25) is 9.10 Å². The van der Waals surface area contributed by atoms with Crippen molar-refractivity contribution in [1.82, 2.24) is 10.2 Å². The lowest BCUT2D eigenvalue weighted by Crippen LogP contribution is -2.35. The molecule has 2 heterocycles. The van der Waals surface area contributed by atoms with Crippen LogP contribution in [0.25, 0.3) is 10.8 Å². The zero-order valence-electron chi connectivity index (χ0n) is 12.4. The number of anilines is 2. The van der Waals surface area contributed by atoms with Gasteiger partial charge >= 0.3 is 0 Å². The molecule has 0 radical (unpaired) electrons. The monoisotopic (exact) mass is 340 g/mol. The molecule has 1 N–H and O–H groups in total. The molecule has 120 valence electrons. The first-order valence-electron chi connectivity index (χ1n) is 7.19. The highest BCUT2D eigenvalue weighted by molar-refractivity contribution is 7.93. The summed E-state index contributed by atoms with van der Waals surface area (Å²) in [6.07, 6.45) is 1.48. The van der Waals surface area contributed by atoms with E-state index in [0.29, 0.717) is 11.1 Å². The Bertz CT molecular complexity index is 1050. The fraction of sp³-hybridized carbons (Fsp3) is 0.0625. The highest BCUT2D eigenvalue weighted by Gasteiger charge is 2.36. The van der Waals surface area contributed by atoms with Gasteiger partial charge in [-0.1, -0.05) is 24.3 Å². The number of sulfonamides is 1. The molecule has 2 aromatic carbocycles. The molecule has 1 amide bonds. The molecule has 1 aliphatic heterocycles. The quantitative estimate of drug-likeness (QED) is 0.784. The maximum absolute atomic E-state index is 12.8. The first-order chi connectivity index (χ1) is 11.6. The van der Waals surface area contributed by atoms with Crippen LogP contribution in [-0.4, -0.2) is 31.1 Å². The van der Waals surface area contributed by atoms with Crippen LogP contribution in [0.15, 0.2) is 59.6 Å². The molecule has 1 aromatic heterocycles. The Morgan fingerprint density at radius 1 is 1.08 bits per heavy atom. The van der Waals surface area contributed by atoms with Gasteiger partial charge in [-0.15, -0.1) is 5.10 Å². The number of rotatable bonds is 3. The van der Waals surface area contributed by atoms with Gasteiger partial charge in [-0.25, -0.2) is 8.42 Å². The summed E-state index contributed by atoms with van der Waals surface area (Å²) in [7, 11) is -3.75. The second-order valence-corrected chi connectivity index (χ2v) is 7.13. The zero-order valence-corrected chi connectivity index (χ0v) is 13.2. The highest BCUT2D eigenvalue weighted by Crippen LogP contribution is 2.41. The van der Waals surface area contributed by atoms with Crippen LogP contribution in [0.1, 0.15) is 0 Å². The molecule has 0 unspecified atom stereocenters. The smallest absolute Gasteiger partial charge is 0.265 e. The summed E-state index contributed by atoms with van der Waals surface area (Å²) in [6.45, 7) is -0.327. The molecule has 3 aromatic rings. The van der Waals surface area contributed by atoms with Crippen molar-refractivity contribution in [3.8, 4) is 0 Å². The van der Waals surface area contributed by atoms with Gasteiger partial charge < -0.3 is 5.32 Å². The first kappa shape index (κ1) is 14.6. The molecule has 1 aliphatic rings. The van der Waals surface area contributed by atoms with Crippen LogP contribution in [0.3, 0.4) is 0 Å². The SMILES string of the molecule is O=C(CN1c2cccc3cccc(c23)S1(=O)=O)Nc1cccnn1. The number of aromatic nitrogens is 2. The van der Waals surface area contributed by atoms with Crippen molar-refractivity contribution in [3.05, 3.63) is 54.7 Å². The standard InChI is InChI=1S/C16H12N4O3S/c21-15(18-14-8-3-9-17-19-14)10-20-12-6-1-4-11-5-2-7-13(16(11)12)24(20,22)23/h1-9H,10H2,(H,18,19,21). The summed E-state index contributed by atoms with van der Waals surface area (Å²) < 4.78 is 26.7. The van der Waals surface area contributed by atoms with Crippen molar-refractivity contribution in [1.29, 1.82) is 0 Å². The van der Waals surface area contributed by atoms with Gasteiger partial charge in [0.25, 0.3) is 10.0 Å². The van der Waals surface area contributed by atoms with E-state index in [9.17, 15) is 13.2 Å². The Hall–Kier alpha value is -3.00. The molecule has 7 nitrogen and oxygen atoms in total. The Morgan fingerprint density at radius 2 is 1.88 bits per heavy atom. The number of benzene rings is 2. The lowest BCUT2D eigenvalue weighted by Gasteiger charge is -2.18. The normalized spacial score (nSPS) is 14.8. The second-order valence-electron chi connectivity index (χ2n) is 5.30. The van der Waals surface area contributed by atoms with Crippen molar-refractivity contribution in [2.45, 2.75) is 4.90 Å². The van der Waals surface area contributed by atoms with Crippen molar-refractivity contribution in [2.75, 3.05) is 16.2 Å². The van der Waals surface area contributed by atoms with E-state index < -0.39 is 15.9 Å². The zero-order chi connectivity index (χ0) is 16.7. The minimum Gasteiger partial charge on any atom is -0.308 e. The van der Waals surface area contributed by atoms with E-state index in [4.69, 9.17) is 0 Å². The van der Waals surface area contributed by atoms with Gasteiger partial charge in [0.2, 0.25) is 5.91 Å². The van der Waals surface area contributed by atoms with Crippen LogP contribution >= 0.6 is 0 Å². The Morgan fingerprint density at radius 3 is 2.62 bits per heavy atom. The van der Waals surface area contributed by atoms with Gasteiger partial charge in [0, 0.05) is 11.6 Å². The fourth-order valence-electron chi connectivity index (χ4n) is 2.81. The van der Waals surface area contributed by atoms with Crippen LogP contribution in [-0.2, 0) is 14.8 Å². The van der Waals surface area contributed by atoms with E-state index in [0.717, 1.165) is 9.69 Å². The van der Waals surface area contributed by atoms with Crippen LogP contribution < -0.4 is 9.62 Å². The fourth-order valence-corrected chi connectivity index (χ4v) is 4.48. The summed E-state index contributed by atoms with van der Waals surface area (Å²) in [4.78, 5) is 12.5. The predicted octanol–water partition coefficient (Wildman–Crippen LogP) is 1.78. The largest absolute Gasteiger partial charge is 0.308 e. The molecule has 0 fully saturated rings. The molecule has 4 rings (SSSR count). The number of carbonyl (C=O) groups is 1. The van der Waals surface area contributed by atoms with Crippen molar-refractivity contribution < 1.29 is 13.2 Å². The number of nitrogens with zero attached hydrogens (tertiary/aromatic N) is 3. The maximum atomic E-state index is 12.8. The van der Waals surface area contributed by atoms with E-state index >= 15 is 0 Å². The second kappa shape index (κ2) is 5.27. The van der Waals surface area contributed by atoms with Crippen LogP contribution in [0.5, 0.6) is 0 Å². The lowest BCUT2D eigenvalue weighted by molar-refractivity contribution is -0.114. The molecule has 0 saturated heterocycles. The van der Waals surface area contributed by atoms with Crippen LogP contribution in [0.4, 0.5) is 11.5 Å². The van der Waals surface area contributed by atoms with Crippen molar-refractivity contribution >= 4 is 38.2 Å². The molecular formula is C16H12N4O3S. The van der Waals surface area contributed by atoms with E-state index in [1.54, 1.807) is 36.4 Å². The third-order valence-electron chi connectivity index (χ3n) is 3.81. The van der Waals surface area contributed by atoms with Gasteiger partial charge in [-0.2, -0.15) is 5.10 Å². The van der Waals surface area contributed by atoms with E-state index in [2.05, 4.69) is 15.5 Å². The minimum atomic E-state index is -3.75. The van der Waals surface area contributed by atoms with Gasteiger partial charge in [0.15, 0.2) is 5.82 Å². The summed E-state index contributed by atoms with van der Waals surface area (Å²) in [6, 6.07) is 13.6. The Labute approximate surface area is 138 Å². The topological polar surface area (TPSA) is 92.3 Å². The molecule has 0 bridgehead atoms. The highest BCUT2D eigenvalue weighted by atomic mass is 32.2. The van der Waals surface area contributed by atoms with E-state index in [1.807, 2.05) is 12.1 Å². The molecule has 0 atom stereocenters. The van der Waals surface area contributed by atoms with Crippen molar-refractivity contribution in [2.24, 2.45) is 0 Å². The maximum Gasteiger partial charge on any atom is 0.265 e. The average Bonchev–Trinajstić information content (AvgIpc) is 2.79.